The maximum Gasteiger partial charge on any atom is 0.304 e. The molecule has 196 valence electrons. The van der Waals surface area contributed by atoms with Crippen molar-refractivity contribution in [1.82, 2.24) is 9.80 Å². The van der Waals surface area contributed by atoms with Gasteiger partial charge in [0, 0.05) is 39.1 Å². The maximum absolute atomic E-state index is 11.0. The monoisotopic (exact) mass is 538 g/mol. The number of halogens is 2. The number of likely N-dealkylation sites (tertiary alicyclic amines) is 2. The number of β-amino-alcohol motifs (C(OH)–C–C–N with tert-alkyl or cyclic N) is 1. The zero-order valence-electron chi connectivity index (χ0n) is 20.1. The predicted octanol–water partition coefficient (Wildman–Crippen LogP) is 2.99. The van der Waals surface area contributed by atoms with Crippen LogP contribution in [-0.2, 0) is 14.4 Å². The Hall–Kier alpha value is -2.49. The van der Waals surface area contributed by atoms with Crippen LogP contribution < -0.4 is 9.47 Å². The third kappa shape index (κ3) is 13.0. The summed E-state index contributed by atoms with van der Waals surface area (Å²) in [5, 5.41) is 7.05. The van der Waals surface area contributed by atoms with Crippen LogP contribution in [0.4, 0.5) is 0 Å². The summed E-state index contributed by atoms with van der Waals surface area (Å²) in [6.45, 7) is 6.33. The first-order valence-corrected chi connectivity index (χ1v) is 12.5. The van der Waals surface area contributed by atoms with E-state index < -0.39 is 10.5 Å². The van der Waals surface area contributed by atoms with E-state index in [2.05, 4.69) is 33.0 Å². The number of carbonyl (C=O) groups excluding carboxylic acids is 3. The zero-order chi connectivity index (χ0) is 26.2. The Labute approximate surface area is 221 Å². The molecule has 2 saturated heterocycles. The van der Waals surface area contributed by atoms with Crippen LogP contribution >= 0.6 is 23.2 Å². The molecule has 4 rings (SSSR count). The zero-order valence-corrected chi connectivity index (χ0v) is 21.6. The molecule has 2 heterocycles. The van der Waals surface area contributed by atoms with E-state index in [0.29, 0.717) is 32.0 Å². The lowest BCUT2D eigenvalue weighted by Crippen LogP contribution is -2.27. The number of aliphatic hydroxyl groups excluding tert-OH is 1. The lowest BCUT2D eigenvalue weighted by molar-refractivity contribution is -0.127. The third-order valence-electron chi connectivity index (χ3n) is 5.35. The highest BCUT2D eigenvalue weighted by Crippen LogP contribution is 2.11. The van der Waals surface area contributed by atoms with Gasteiger partial charge in [0.15, 0.2) is 0 Å². The van der Waals surface area contributed by atoms with Gasteiger partial charge in [0.1, 0.15) is 30.5 Å². The van der Waals surface area contributed by atoms with E-state index in [1.54, 1.807) is 0 Å². The van der Waals surface area contributed by atoms with Crippen LogP contribution in [0.15, 0.2) is 60.7 Å². The number of aliphatic hydroxyl groups is 1. The number of para-hydroxylation sites is 2. The van der Waals surface area contributed by atoms with Crippen molar-refractivity contribution in [2.75, 3.05) is 52.5 Å². The fraction of sp³-hybridized carbons (Fsp3) is 0.423. The minimum Gasteiger partial charge on any atom is -0.492 e. The van der Waals surface area contributed by atoms with Gasteiger partial charge in [0.25, 0.3) is 0 Å². The molecule has 0 aliphatic carbocycles. The molecule has 36 heavy (non-hydrogen) atoms. The van der Waals surface area contributed by atoms with Gasteiger partial charge in [0.2, 0.25) is 0 Å². The molecule has 2 aliphatic heterocycles. The molecule has 2 fully saturated rings. The predicted molar refractivity (Wildman–Crippen MR) is 139 cm³/mol. The molecule has 2 aromatic rings. The van der Waals surface area contributed by atoms with Crippen molar-refractivity contribution in [1.29, 1.82) is 0 Å². The SMILES string of the molecule is O=C(Cl)C(=O)Cl.O=C1CCN(CCOc2ccccc2)C1.OC1CCN(CCOc2ccccc2)C1. The molecule has 0 bridgehead atoms. The van der Waals surface area contributed by atoms with Gasteiger partial charge in [0.05, 0.1) is 12.6 Å². The van der Waals surface area contributed by atoms with E-state index in [4.69, 9.17) is 9.47 Å². The summed E-state index contributed by atoms with van der Waals surface area (Å²) >= 11 is 8.98. The molecule has 0 spiro atoms. The smallest absolute Gasteiger partial charge is 0.304 e. The summed E-state index contributed by atoms with van der Waals surface area (Å²) in [4.78, 5) is 34.2. The van der Waals surface area contributed by atoms with Crippen molar-refractivity contribution in [3.8, 4) is 11.5 Å². The van der Waals surface area contributed by atoms with Crippen LogP contribution in [0.3, 0.4) is 0 Å². The van der Waals surface area contributed by atoms with Crippen molar-refractivity contribution in [3.63, 3.8) is 0 Å². The second-order valence-electron chi connectivity index (χ2n) is 8.18. The largest absolute Gasteiger partial charge is 0.492 e. The number of Topliss-reactive ketones (excluding diaryl/α,β-unsaturated/α-hetero) is 1. The van der Waals surface area contributed by atoms with E-state index in [1.165, 1.54) is 0 Å². The van der Waals surface area contributed by atoms with Crippen LogP contribution in [0.5, 0.6) is 11.5 Å². The Morgan fingerprint density at radius 3 is 1.72 bits per heavy atom. The Morgan fingerprint density at radius 1 is 0.833 bits per heavy atom. The highest BCUT2D eigenvalue weighted by molar-refractivity contribution is 6.97. The summed E-state index contributed by atoms with van der Waals surface area (Å²) in [7, 11) is 0. The fourth-order valence-electron chi connectivity index (χ4n) is 3.52. The van der Waals surface area contributed by atoms with Gasteiger partial charge in [-0.05, 0) is 53.9 Å². The van der Waals surface area contributed by atoms with Crippen molar-refractivity contribution in [2.45, 2.75) is 18.9 Å². The van der Waals surface area contributed by atoms with Crippen molar-refractivity contribution < 1.29 is 29.0 Å². The summed E-state index contributed by atoms with van der Waals surface area (Å²) in [5.74, 6) is 2.15. The number of benzene rings is 2. The summed E-state index contributed by atoms with van der Waals surface area (Å²) < 4.78 is 11.1. The number of nitrogens with zero attached hydrogens (tertiary/aromatic N) is 2. The van der Waals surface area contributed by atoms with Crippen molar-refractivity contribution in [2.24, 2.45) is 0 Å². The normalized spacial score (nSPS) is 17.4. The minimum atomic E-state index is -1.14. The lowest BCUT2D eigenvalue weighted by Gasteiger charge is -2.15. The minimum absolute atomic E-state index is 0.137. The van der Waals surface area contributed by atoms with E-state index in [0.717, 1.165) is 50.6 Å². The van der Waals surface area contributed by atoms with Gasteiger partial charge >= 0.3 is 10.5 Å². The quantitative estimate of drug-likeness (QED) is 0.384. The molecule has 1 unspecified atom stereocenters. The average Bonchev–Trinajstić information content (AvgIpc) is 3.48. The summed E-state index contributed by atoms with van der Waals surface area (Å²) in [6.07, 6.45) is 1.46. The van der Waals surface area contributed by atoms with E-state index in [-0.39, 0.29) is 6.10 Å². The molecular weight excluding hydrogens is 507 g/mol. The van der Waals surface area contributed by atoms with Crippen LogP contribution in [0, 0.1) is 0 Å². The van der Waals surface area contributed by atoms with Crippen molar-refractivity contribution >= 4 is 39.5 Å². The third-order valence-corrected chi connectivity index (χ3v) is 5.79. The standard InChI is InChI=1S/C12H17NO2.C12H15NO2.C2Cl2O2/c2*14-11-6-7-13(10-11)8-9-15-12-4-2-1-3-5-12;3-1(5)2(4)6/h1-5,11,14H,6-10H2;1-5H,6-10H2;. The summed E-state index contributed by atoms with van der Waals surface area (Å²) in [5.41, 5.74) is 0. The van der Waals surface area contributed by atoms with E-state index in [9.17, 15) is 19.5 Å². The van der Waals surface area contributed by atoms with Gasteiger partial charge < -0.3 is 14.6 Å². The molecule has 2 aliphatic rings. The number of ketones is 1. The lowest BCUT2D eigenvalue weighted by atomic mass is 10.3. The van der Waals surface area contributed by atoms with Crippen LogP contribution in [-0.4, -0.2) is 89.8 Å². The molecule has 0 aromatic heterocycles. The van der Waals surface area contributed by atoms with E-state index in [1.807, 2.05) is 60.7 Å². The molecule has 0 radical (unpaired) electrons. The molecule has 0 amide bonds. The number of rotatable bonds is 9. The molecule has 0 saturated carbocycles. The Morgan fingerprint density at radius 2 is 1.33 bits per heavy atom. The topological polar surface area (TPSA) is 96.4 Å². The van der Waals surface area contributed by atoms with Crippen LogP contribution in [0.1, 0.15) is 12.8 Å². The van der Waals surface area contributed by atoms with Crippen LogP contribution in [0.2, 0.25) is 0 Å². The summed E-state index contributed by atoms with van der Waals surface area (Å²) in [6, 6.07) is 19.6. The molecular formula is C26H32Cl2N2O6. The number of hydrogen-bond acceptors (Lipinski definition) is 8. The van der Waals surface area contributed by atoms with Gasteiger partial charge in [-0.2, -0.15) is 0 Å². The first-order valence-electron chi connectivity index (χ1n) is 11.7. The van der Waals surface area contributed by atoms with E-state index >= 15 is 0 Å². The van der Waals surface area contributed by atoms with Crippen molar-refractivity contribution in [3.05, 3.63) is 60.7 Å². The highest BCUT2D eigenvalue weighted by Gasteiger charge is 2.19. The molecule has 2 aromatic carbocycles. The van der Waals surface area contributed by atoms with Gasteiger partial charge in [-0.15, -0.1) is 0 Å². The van der Waals surface area contributed by atoms with Crippen LogP contribution in [0.25, 0.3) is 0 Å². The van der Waals surface area contributed by atoms with Gasteiger partial charge in [-0.25, -0.2) is 0 Å². The Bertz CT molecular complexity index is 921. The number of ether oxygens (including phenoxy) is 2. The average molecular weight is 539 g/mol. The fourth-order valence-corrected chi connectivity index (χ4v) is 3.52. The van der Waals surface area contributed by atoms with Gasteiger partial charge in [-0.1, -0.05) is 36.4 Å². The Balaban J connectivity index is 0.000000208. The second-order valence-corrected chi connectivity index (χ2v) is 8.86. The number of hydrogen-bond donors (Lipinski definition) is 1. The first kappa shape index (κ1) is 29.7. The number of carbonyl (C=O) groups is 3. The van der Waals surface area contributed by atoms with Gasteiger partial charge in [-0.3, -0.25) is 24.2 Å². The molecule has 1 N–H and O–H groups in total. The molecule has 8 nitrogen and oxygen atoms in total. The highest BCUT2D eigenvalue weighted by atomic mass is 35.5. The molecule has 1 atom stereocenters. The Kier molecular flexibility index (Phi) is 14.1. The second kappa shape index (κ2) is 17.1. The maximum atomic E-state index is 11.0. The first-order chi connectivity index (χ1) is 17.3. The molecule has 10 heteroatoms.